The summed E-state index contributed by atoms with van der Waals surface area (Å²) in [5.74, 6) is -0.854. The number of halogens is 2. The first-order valence-corrected chi connectivity index (χ1v) is 6.58. The van der Waals surface area contributed by atoms with Gasteiger partial charge in [-0.3, -0.25) is 14.9 Å². The molecule has 0 saturated heterocycles. The molecule has 0 fully saturated rings. The Morgan fingerprint density at radius 1 is 1.42 bits per heavy atom. The molecule has 0 radical (unpaired) electrons. The number of hydrogen-bond donors (Lipinski definition) is 2. The van der Waals surface area contributed by atoms with Crippen LogP contribution in [0.3, 0.4) is 0 Å². The summed E-state index contributed by atoms with van der Waals surface area (Å²) in [5, 5.41) is 13.5. The van der Waals surface area contributed by atoms with Gasteiger partial charge in [0.15, 0.2) is 0 Å². The number of carbonyl (C=O) groups is 1. The SMILES string of the molecule is NC(=O)c1cc([N+](=O)[O-])cnc1NCc1cccc(OC(F)F)c1. The van der Waals surface area contributed by atoms with Crippen LogP contribution in [0, 0.1) is 10.1 Å². The van der Waals surface area contributed by atoms with Crippen LogP contribution in [-0.2, 0) is 6.54 Å². The standard InChI is InChI=1S/C14H12F2N4O4/c15-14(16)24-10-3-1-2-8(4-10)6-18-13-11(12(17)21)5-9(7-19-13)20(22)23/h1-5,7,14H,6H2,(H2,17,21)(H,18,19). The van der Waals surface area contributed by atoms with E-state index in [2.05, 4.69) is 15.0 Å². The highest BCUT2D eigenvalue weighted by Crippen LogP contribution is 2.21. The lowest BCUT2D eigenvalue weighted by atomic mass is 10.2. The lowest BCUT2D eigenvalue weighted by Crippen LogP contribution is -2.16. The lowest BCUT2D eigenvalue weighted by Gasteiger charge is -2.10. The van der Waals surface area contributed by atoms with Crippen LogP contribution in [0.1, 0.15) is 15.9 Å². The van der Waals surface area contributed by atoms with E-state index in [0.717, 1.165) is 12.3 Å². The van der Waals surface area contributed by atoms with E-state index in [-0.39, 0.29) is 29.4 Å². The van der Waals surface area contributed by atoms with Crippen molar-refractivity contribution in [3.63, 3.8) is 0 Å². The first-order chi connectivity index (χ1) is 11.4. The first kappa shape index (κ1) is 17.1. The van der Waals surface area contributed by atoms with Crippen molar-refractivity contribution >= 4 is 17.4 Å². The average molecular weight is 338 g/mol. The number of ether oxygens (including phenoxy) is 1. The van der Waals surface area contributed by atoms with Gasteiger partial charge in [0, 0.05) is 12.6 Å². The van der Waals surface area contributed by atoms with E-state index in [1.54, 1.807) is 6.07 Å². The molecule has 24 heavy (non-hydrogen) atoms. The number of nitrogens with zero attached hydrogens (tertiary/aromatic N) is 2. The van der Waals surface area contributed by atoms with Crippen molar-refractivity contribution in [2.24, 2.45) is 5.73 Å². The van der Waals surface area contributed by atoms with Crippen molar-refractivity contribution < 1.29 is 23.2 Å². The van der Waals surface area contributed by atoms with Crippen molar-refractivity contribution in [1.29, 1.82) is 0 Å². The Morgan fingerprint density at radius 3 is 2.79 bits per heavy atom. The Morgan fingerprint density at radius 2 is 2.17 bits per heavy atom. The molecule has 0 unspecified atom stereocenters. The maximum Gasteiger partial charge on any atom is 0.387 e. The second kappa shape index (κ2) is 7.31. The van der Waals surface area contributed by atoms with Crippen LogP contribution >= 0.6 is 0 Å². The quantitative estimate of drug-likeness (QED) is 0.590. The minimum absolute atomic E-state index is 0.0175. The third kappa shape index (κ3) is 4.35. The van der Waals surface area contributed by atoms with Crippen molar-refractivity contribution in [2.45, 2.75) is 13.2 Å². The number of hydrogen-bond acceptors (Lipinski definition) is 6. The van der Waals surface area contributed by atoms with Gasteiger partial charge in [-0.15, -0.1) is 0 Å². The van der Waals surface area contributed by atoms with Gasteiger partial charge >= 0.3 is 6.61 Å². The summed E-state index contributed by atoms with van der Waals surface area (Å²) in [4.78, 5) is 25.2. The maximum absolute atomic E-state index is 12.2. The number of nitrogens with two attached hydrogens (primary N) is 1. The van der Waals surface area contributed by atoms with Crippen LogP contribution in [0.4, 0.5) is 20.3 Å². The number of carbonyl (C=O) groups excluding carboxylic acids is 1. The smallest absolute Gasteiger partial charge is 0.387 e. The molecule has 10 heteroatoms. The molecule has 0 bridgehead atoms. The molecule has 8 nitrogen and oxygen atoms in total. The molecule has 1 aromatic carbocycles. The van der Waals surface area contributed by atoms with Gasteiger partial charge in [0.2, 0.25) is 0 Å². The second-order valence-electron chi connectivity index (χ2n) is 4.59. The zero-order valence-electron chi connectivity index (χ0n) is 12.1. The molecule has 1 aromatic heterocycles. The van der Waals surface area contributed by atoms with Gasteiger partial charge in [0.25, 0.3) is 11.6 Å². The fraction of sp³-hybridized carbons (Fsp3) is 0.143. The topological polar surface area (TPSA) is 120 Å². The van der Waals surface area contributed by atoms with Gasteiger partial charge in [-0.2, -0.15) is 8.78 Å². The van der Waals surface area contributed by atoms with E-state index in [0.29, 0.717) is 5.56 Å². The van der Waals surface area contributed by atoms with Crippen molar-refractivity contribution in [3.05, 3.63) is 57.8 Å². The fourth-order valence-electron chi connectivity index (χ4n) is 1.90. The van der Waals surface area contributed by atoms with Crippen molar-refractivity contribution in [1.82, 2.24) is 4.98 Å². The summed E-state index contributed by atoms with van der Waals surface area (Å²) in [6, 6.07) is 6.92. The highest BCUT2D eigenvalue weighted by molar-refractivity contribution is 5.98. The van der Waals surface area contributed by atoms with Gasteiger partial charge in [0.1, 0.15) is 17.8 Å². The normalized spacial score (nSPS) is 10.5. The minimum Gasteiger partial charge on any atom is -0.435 e. The van der Waals surface area contributed by atoms with Gasteiger partial charge in [-0.05, 0) is 17.7 Å². The number of anilines is 1. The average Bonchev–Trinajstić information content (AvgIpc) is 2.52. The summed E-state index contributed by atoms with van der Waals surface area (Å²) in [7, 11) is 0. The Kier molecular flexibility index (Phi) is 5.20. The molecule has 2 rings (SSSR count). The maximum atomic E-state index is 12.2. The van der Waals surface area contributed by atoms with Crippen molar-refractivity contribution in [3.8, 4) is 5.75 Å². The molecule has 0 spiro atoms. The number of benzene rings is 1. The van der Waals surface area contributed by atoms with E-state index < -0.39 is 17.4 Å². The third-order valence-corrected chi connectivity index (χ3v) is 2.93. The van der Waals surface area contributed by atoms with Gasteiger partial charge < -0.3 is 15.8 Å². The first-order valence-electron chi connectivity index (χ1n) is 6.58. The molecule has 1 heterocycles. The zero-order valence-corrected chi connectivity index (χ0v) is 12.1. The number of rotatable bonds is 7. The Hall–Kier alpha value is -3.30. The van der Waals surface area contributed by atoms with Crippen LogP contribution < -0.4 is 15.8 Å². The number of nitrogens with one attached hydrogen (secondary N) is 1. The fourth-order valence-corrected chi connectivity index (χ4v) is 1.90. The highest BCUT2D eigenvalue weighted by atomic mass is 19.3. The summed E-state index contributed by atoms with van der Waals surface area (Å²) in [6.45, 7) is -2.82. The van der Waals surface area contributed by atoms with E-state index in [1.807, 2.05) is 0 Å². The van der Waals surface area contributed by atoms with Crippen LogP contribution in [0.2, 0.25) is 0 Å². The highest BCUT2D eigenvalue weighted by Gasteiger charge is 2.16. The monoisotopic (exact) mass is 338 g/mol. The molecule has 2 aromatic rings. The summed E-state index contributed by atoms with van der Waals surface area (Å²) in [6.07, 6.45) is 0.977. The molecule has 0 aliphatic heterocycles. The molecule has 1 amide bonds. The Bertz CT molecular complexity index is 770. The molecule has 0 saturated carbocycles. The lowest BCUT2D eigenvalue weighted by molar-refractivity contribution is -0.385. The summed E-state index contributed by atoms with van der Waals surface area (Å²) in [5.41, 5.74) is 5.24. The predicted octanol–water partition coefficient (Wildman–Crippen LogP) is 2.30. The zero-order chi connectivity index (χ0) is 17.7. The van der Waals surface area contributed by atoms with Gasteiger partial charge in [0.05, 0.1) is 10.5 Å². The molecular formula is C14H12F2N4O4. The second-order valence-corrected chi connectivity index (χ2v) is 4.59. The van der Waals surface area contributed by atoms with E-state index in [1.165, 1.54) is 18.2 Å². The number of amides is 1. The third-order valence-electron chi connectivity index (χ3n) is 2.93. The number of aromatic nitrogens is 1. The summed E-state index contributed by atoms with van der Waals surface area (Å²) >= 11 is 0. The van der Waals surface area contributed by atoms with Gasteiger partial charge in [-0.25, -0.2) is 4.98 Å². The largest absolute Gasteiger partial charge is 0.435 e. The molecule has 126 valence electrons. The molecule has 0 aliphatic rings. The van der Waals surface area contributed by atoms with Crippen LogP contribution in [-0.4, -0.2) is 22.4 Å². The number of primary amides is 1. The van der Waals surface area contributed by atoms with Crippen LogP contribution in [0.15, 0.2) is 36.5 Å². The van der Waals surface area contributed by atoms with Crippen LogP contribution in [0.5, 0.6) is 5.75 Å². The van der Waals surface area contributed by atoms with E-state index in [4.69, 9.17) is 5.73 Å². The summed E-state index contributed by atoms with van der Waals surface area (Å²) < 4.78 is 28.7. The van der Waals surface area contributed by atoms with Crippen molar-refractivity contribution in [2.75, 3.05) is 5.32 Å². The Balaban J connectivity index is 2.17. The number of nitro groups is 1. The number of pyridine rings is 1. The molecule has 3 N–H and O–H groups in total. The van der Waals surface area contributed by atoms with E-state index >= 15 is 0 Å². The van der Waals surface area contributed by atoms with Gasteiger partial charge in [-0.1, -0.05) is 12.1 Å². The molecule has 0 aliphatic carbocycles. The van der Waals surface area contributed by atoms with Crippen LogP contribution in [0.25, 0.3) is 0 Å². The molecule has 0 atom stereocenters. The predicted molar refractivity (Wildman–Crippen MR) is 79.8 cm³/mol. The Labute approximate surface area is 134 Å². The number of alkyl halides is 2. The minimum atomic E-state index is -2.94. The molecular weight excluding hydrogens is 326 g/mol. The van der Waals surface area contributed by atoms with E-state index in [9.17, 15) is 23.7 Å².